The summed E-state index contributed by atoms with van der Waals surface area (Å²) >= 11 is 0. The fraction of sp³-hybridized carbons (Fsp3) is 0.348. The molecule has 1 saturated heterocycles. The molecule has 2 aromatic heterocycles. The van der Waals surface area contributed by atoms with Gasteiger partial charge in [-0.1, -0.05) is 6.07 Å². The molecule has 0 bridgehead atoms. The maximum Gasteiger partial charge on any atom is 0.243 e. The third-order valence-corrected chi connectivity index (χ3v) is 7.89. The molecule has 0 radical (unpaired) electrons. The Morgan fingerprint density at radius 3 is 2.59 bits per heavy atom. The van der Waals surface area contributed by atoms with Crippen LogP contribution in [0.25, 0.3) is 5.82 Å². The molecule has 178 valence electrons. The number of piperidine rings is 1. The molecule has 0 atom stereocenters. The maximum absolute atomic E-state index is 13.1. The van der Waals surface area contributed by atoms with Gasteiger partial charge in [0.25, 0.3) is 0 Å². The fourth-order valence-electron chi connectivity index (χ4n) is 4.09. The summed E-state index contributed by atoms with van der Waals surface area (Å²) < 4.78 is 40.3. The van der Waals surface area contributed by atoms with Gasteiger partial charge in [0.05, 0.1) is 4.90 Å². The zero-order valence-corrected chi connectivity index (χ0v) is 19.3. The Balaban J connectivity index is 1.14. The van der Waals surface area contributed by atoms with Crippen molar-refractivity contribution in [3.05, 3.63) is 60.6 Å². The van der Waals surface area contributed by atoms with Crippen molar-refractivity contribution in [1.82, 2.24) is 24.4 Å². The minimum absolute atomic E-state index is 0.0764. The van der Waals surface area contributed by atoms with Crippen molar-refractivity contribution in [2.24, 2.45) is 5.92 Å². The van der Waals surface area contributed by atoms with E-state index in [2.05, 4.69) is 15.4 Å². The first-order valence-corrected chi connectivity index (χ1v) is 12.6. The molecule has 1 N–H and O–H groups in total. The van der Waals surface area contributed by atoms with Gasteiger partial charge in [0.2, 0.25) is 15.9 Å². The molecule has 2 aliphatic heterocycles. The molecule has 10 nitrogen and oxygen atoms in total. The summed E-state index contributed by atoms with van der Waals surface area (Å²) in [5.41, 5.74) is 0.878. The van der Waals surface area contributed by atoms with Gasteiger partial charge in [-0.3, -0.25) is 4.79 Å². The first kappa shape index (κ1) is 22.4. The molecule has 0 saturated carbocycles. The van der Waals surface area contributed by atoms with E-state index in [0.717, 1.165) is 5.56 Å². The number of amides is 1. The molecular weight excluding hydrogens is 458 g/mol. The van der Waals surface area contributed by atoms with Crippen LogP contribution in [0.2, 0.25) is 0 Å². The van der Waals surface area contributed by atoms with Crippen LogP contribution in [0.4, 0.5) is 0 Å². The van der Waals surface area contributed by atoms with Gasteiger partial charge in [-0.2, -0.15) is 9.40 Å². The normalized spacial score (nSPS) is 16.8. The highest BCUT2D eigenvalue weighted by Gasteiger charge is 2.32. The molecule has 1 aromatic carbocycles. The number of benzene rings is 1. The minimum atomic E-state index is -3.67. The van der Waals surface area contributed by atoms with E-state index in [1.54, 1.807) is 23.1 Å². The summed E-state index contributed by atoms with van der Waals surface area (Å²) in [7, 11) is -3.67. The van der Waals surface area contributed by atoms with Crippen LogP contribution in [-0.4, -0.2) is 59.7 Å². The van der Waals surface area contributed by atoms with E-state index in [1.807, 2.05) is 24.4 Å². The van der Waals surface area contributed by atoms with Gasteiger partial charge in [-0.05, 0) is 42.7 Å². The lowest BCUT2D eigenvalue weighted by molar-refractivity contribution is -0.126. The van der Waals surface area contributed by atoms with Crippen molar-refractivity contribution in [2.75, 3.05) is 26.3 Å². The van der Waals surface area contributed by atoms with E-state index in [4.69, 9.17) is 9.47 Å². The van der Waals surface area contributed by atoms with Crippen molar-refractivity contribution in [3.63, 3.8) is 0 Å². The second-order valence-corrected chi connectivity index (χ2v) is 10.1. The number of rotatable bonds is 6. The summed E-state index contributed by atoms with van der Waals surface area (Å²) in [5.74, 6) is 1.38. The van der Waals surface area contributed by atoms with Crippen molar-refractivity contribution in [1.29, 1.82) is 0 Å². The highest BCUT2D eigenvalue weighted by atomic mass is 32.2. The maximum atomic E-state index is 13.1. The van der Waals surface area contributed by atoms with Crippen LogP contribution in [0, 0.1) is 5.92 Å². The minimum Gasteiger partial charge on any atom is -0.486 e. The Hall–Kier alpha value is -3.44. The molecule has 4 heterocycles. The number of pyridine rings is 1. The zero-order chi connectivity index (χ0) is 23.5. The third-order valence-electron chi connectivity index (χ3n) is 5.99. The molecular formula is C23H25N5O5S. The van der Waals surface area contributed by atoms with Crippen LogP contribution in [0.15, 0.2) is 59.9 Å². The van der Waals surface area contributed by atoms with Crippen molar-refractivity contribution >= 4 is 15.9 Å². The highest BCUT2D eigenvalue weighted by molar-refractivity contribution is 7.89. The summed E-state index contributed by atoms with van der Waals surface area (Å²) in [6.45, 7) is 1.77. The van der Waals surface area contributed by atoms with Crippen molar-refractivity contribution in [2.45, 2.75) is 24.3 Å². The molecule has 1 fully saturated rings. The predicted octanol–water partition coefficient (Wildman–Crippen LogP) is 1.76. The average molecular weight is 484 g/mol. The largest absolute Gasteiger partial charge is 0.486 e. The van der Waals surface area contributed by atoms with Crippen LogP contribution in [-0.2, 0) is 21.4 Å². The van der Waals surface area contributed by atoms with E-state index in [9.17, 15) is 13.2 Å². The second kappa shape index (κ2) is 9.43. The monoisotopic (exact) mass is 483 g/mol. The van der Waals surface area contributed by atoms with Crippen molar-refractivity contribution < 1.29 is 22.7 Å². The van der Waals surface area contributed by atoms with Crippen LogP contribution in [0.5, 0.6) is 11.5 Å². The molecule has 5 rings (SSSR count). The summed E-state index contributed by atoms with van der Waals surface area (Å²) in [6, 6.07) is 10.2. The van der Waals surface area contributed by atoms with Gasteiger partial charge in [0.15, 0.2) is 17.3 Å². The first-order valence-electron chi connectivity index (χ1n) is 11.1. The van der Waals surface area contributed by atoms with E-state index < -0.39 is 10.0 Å². The van der Waals surface area contributed by atoms with Gasteiger partial charge in [-0.25, -0.2) is 18.1 Å². The summed E-state index contributed by atoms with van der Waals surface area (Å²) in [6.07, 6.45) is 6.13. The highest BCUT2D eigenvalue weighted by Crippen LogP contribution is 2.34. The Kier molecular flexibility index (Phi) is 6.20. The number of nitrogens with zero attached hydrogens (tertiary/aromatic N) is 4. The second-order valence-electron chi connectivity index (χ2n) is 8.18. The van der Waals surface area contributed by atoms with Gasteiger partial charge >= 0.3 is 0 Å². The number of carbonyl (C=O) groups is 1. The van der Waals surface area contributed by atoms with Gasteiger partial charge in [0.1, 0.15) is 13.2 Å². The number of aromatic nitrogens is 3. The van der Waals surface area contributed by atoms with Gasteiger partial charge < -0.3 is 14.8 Å². The molecule has 0 aliphatic carbocycles. The molecule has 11 heteroatoms. The number of carbonyl (C=O) groups excluding carboxylic acids is 1. The predicted molar refractivity (Wildman–Crippen MR) is 122 cm³/mol. The Bertz CT molecular complexity index is 1250. The standard InChI is InChI=1S/C23H25N5O5S/c29-23(25-16-17-2-5-22(24-15-17)28-9-1-8-26-28)18-6-10-27(11-7-18)34(30,31)19-3-4-20-21(14-19)33-13-12-32-20/h1-5,8-9,14-15,18H,6-7,10-13,16H2,(H,25,29). The van der Waals surface area contributed by atoms with Gasteiger partial charge in [-0.15, -0.1) is 0 Å². The third kappa shape index (κ3) is 4.62. The molecule has 0 unspecified atom stereocenters. The Morgan fingerprint density at radius 2 is 1.88 bits per heavy atom. The quantitative estimate of drug-likeness (QED) is 0.568. The molecule has 34 heavy (non-hydrogen) atoms. The van der Waals surface area contributed by atoms with Crippen LogP contribution in [0.3, 0.4) is 0 Å². The fourth-order valence-corrected chi connectivity index (χ4v) is 5.57. The van der Waals surface area contributed by atoms with Gasteiger partial charge in [0, 0.05) is 50.2 Å². The number of fused-ring (bicyclic) bond motifs is 1. The number of sulfonamides is 1. The Labute approximate surface area is 197 Å². The van der Waals surface area contributed by atoms with Crippen LogP contribution in [0.1, 0.15) is 18.4 Å². The van der Waals surface area contributed by atoms with E-state index in [0.29, 0.717) is 49.9 Å². The van der Waals surface area contributed by atoms with Crippen LogP contribution < -0.4 is 14.8 Å². The number of nitrogens with one attached hydrogen (secondary N) is 1. The van der Waals surface area contributed by atoms with E-state index in [-0.39, 0.29) is 29.8 Å². The molecule has 0 spiro atoms. The Morgan fingerprint density at radius 1 is 1.09 bits per heavy atom. The summed E-state index contributed by atoms with van der Waals surface area (Å²) in [4.78, 5) is 17.2. The number of hydrogen-bond donors (Lipinski definition) is 1. The lowest BCUT2D eigenvalue weighted by atomic mass is 9.97. The lowest BCUT2D eigenvalue weighted by Crippen LogP contribution is -2.42. The molecule has 3 aromatic rings. The molecule has 1 amide bonds. The number of ether oxygens (including phenoxy) is 2. The van der Waals surface area contributed by atoms with Crippen LogP contribution >= 0.6 is 0 Å². The molecule has 2 aliphatic rings. The summed E-state index contributed by atoms with van der Waals surface area (Å²) in [5, 5.41) is 7.08. The van der Waals surface area contributed by atoms with E-state index in [1.165, 1.54) is 16.4 Å². The zero-order valence-electron chi connectivity index (χ0n) is 18.5. The lowest BCUT2D eigenvalue weighted by Gasteiger charge is -2.30. The smallest absolute Gasteiger partial charge is 0.243 e. The topological polar surface area (TPSA) is 116 Å². The number of hydrogen-bond acceptors (Lipinski definition) is 7. The average Bonchev–Trinajstić information content (AvgIpc) is 3.42. The first-order chi connectivity index (χ1) is 16.5. The van der Waals surface area contributed by atoms with Crippen molar-refractivity contribution in [3.8, 4) is 17.3 Å². The van der Waals surface area contributed by atoms with E-state index >= 15 is 0 Å². The SMILES string of the molecule is O=C(NCc1ccc(-n2cccn2)nc1)C1CCN(S(=O)(=O)c2ccc3c(c2)OCCO3)CC1.